The Bertz CT molecular complexity index is 1010. The molecular weight excluding hydrogens is 280 g/mol. The second kappa shape index (κ2) is 3.81. The molecule has 0 saturated heterocycles. The highest BCUT2D eigenvalue weighted by Crippen LogP contribution is 2.41. The van der Waals surface area contributed by atoms with Crippen molar-refractivity contribution in [2.24, 2.45) is 0 Å². The Labute approximate surface area is 123 Å². The molecule has 0 spiro atoms. The van der Waals surface area contributed by atoms with E-state index in [4.69, 9.17) is 0 Å². The summed E-state index contributed by atoms with van der Waals surface area (Å²) in [7, 11) is 0. The maximum absolute atomic E-state index is 2.35. The Balaban J connectivity index is 2.19. The Kier molecular flexibility index (Phi) is 2.07. The van der Waals surface area contributed by atoms with Gasteiger partial charge in [0.25, 0.3) is 0 Å². The molecule has 0 aliphatic rings. The van der Waals surface area contributed by atoms with Crippen LogP contribution in [0, 0.1) is 0 Å². The van der Waals surface area contributed by atoms with Crippen LogP contribution in [-0.4, -0.2) is 0 Å². The lowest BCUT2D eigenvalue weighted by Gasteiger charge is -2.06. The van der Waals surface area contributed by atoms with Gasteiger partial charge < -0.3 is 0 Å². The normalized spacial score (nSPS) is 12.0. The molecule has 2 heterocycles. The van der Waals surface area contributed by atoms with Crippen LogP contribution >= 0.6 is 22.7 Å². The number of thiophene rings is 2. The first-order chi connectivity index (χ1) is 9.92. The number of hydrogen-bond donors (Lipinski definition) is 0. The maximum Gasteiger partial charge on any atom is 0.0436 e. The molecule has 0 nitrogen and oxygen atoms in total. The summed E-state index contributed by atoms with van der Waals surface area (Å²) in [5, 5.41) is 12.6. The average Bonchev–Trinajstić information content (AvgIpc) is 3.14. The molecule has 0 aliphatic carbocycles. The van der Waals surface area contributed by atoms with Gasteiger partial charge in [0.1, 0.15) is 0 Å². The first-order valence-electron chi connectivity index (χ1n) is 6.61. The zero-order valence-electron chi connectivity index (χ0n) is 10.6. The SMILES string of the molecule is c1ccc2cc3c(cc2c1)c1ccsc1c1ccsc31. The van der Waals surface area contributed by atoms with E-state index in [1.807, 2.05) is 22.7 Å². The van der Waals surface area contributed by atoms with Crippen molar-refractivity contribution in [3.63, 3.8) is 0 Å². The Hall–Kier alpha value is -1.90. The van der Waals surface area contributed by atoms with Crippen LogP contribution in [0.4, 0.5) is 0 Å². The van der Waals surface area contributed by atoms with Crippen LogP contribution in [-0.2, 0) is 0 Å². The minimum absolute atomic E-state index is 1.32. The lowest BCUT2D eigenvalue weighted by atomic mass is 10.00. The van der Waals surface area contributed by atoms with Gasteiger partial charge in [0.2, 0.25) is 0 Å². The molecule has 0 unspecified atom stereocenters. The van der Waals surface area contributed by atoms with Gasteiger partial charge in [-0.15, -0.1) is 22.7 Å². The minimum atomic E-state index is 1.32. The van der Waals surface area contributed by atoms with Gasteiger partial charge in [0, 0.05) is 25.6 Å². The van der Waals surface area contributed by atoms with Gasteiger partial charge in [-0.1, -0.05) is 24.3 Å². The third-order valence-electron chi connectivity index (χ3n) is 4.00. The van der Waals surface area contributed by atoms with Gasteiger partial charge in [0.05, 0.1) is 0 Å². The van der Waals surface area contributed by atoms with Crippen molar-refractivity contribution in [2.45, 2.75) is 0 Å². The van der Waals surface area contributed by atoms with Gasteiger partial charge in [-0.05, 0) is 51.2 Å². The van der Waals surface area contributed by atoms with Crippen LogP contribution in [0.2, 0.25) is 0 Å². The van der Waals surface area contributed by atoms with Crippen molar-refractivity contribution in [3.8, 4) is 0 Å². The fraction of sp³-hybridized carbons (Fsp3) is 0. The molecule has 3 aromatic carbocycles. The van der Waals surface area contributed by atoms with Gasteiger partial charge in [0.15, 0.2) is 0 Å². The predicted octanol–water partition coefficient (Wildman–Crippen LogP) is 6.42. The van der Waals surface area contributed by atoms with E-state index in [0.29, 0.717) is 0 Å². The van der Waals surface area contributed by atoms with E-state index in [0.717, 1.165) is 0 Å². The largest absolute Gasteiger partial charge is 0.143 e. The summed E-state index contributed by atoms with van der Waals surface area (Å²) >= 11 is 3.70. The van der Waals surface area contributed by atoms with Crippen LogP contribution in [0.15, 0.2) is 59.3 Å². The monoisotopic (exact) mass is 290 g/mol. The topological polar surface area (TPSA) is 0 Å². The fourth-order valence-electron chi connectivity index (χ4n) is 3.08. The molecule has 0 saturated carbocycles. The highest BCUT2D eigenvalue weighted by Gasteiger charge is 2.11. The first kappa shape index (κ1) is 10.8. The third kappa shape index (κ3) is 1.30. The molecule has 2 heteroatoms. The average molecular weight is 290 g/mol. The van der Waals surface area contributed by atoms with E-state index in [1.54, 1.807) is 0 Å². The summed E-state index contributed by atoms with van der Waals surface area (Å²) in [6.07, 6.45) is 0. The standard InChI is InChI=1S/C18H10S2/c1-2-4-12-10-16-15(9-11(12)3-1)13-5-7-19-17(13)14-6-8-20-18(14)16/h1-10H. The number of hydrogen-bond acceptors (Lipinski definition) is 2. The summed E-state index contributed by atoms with van der Waals surface area (Å²) in [4.78, 5) is 0. The second-order valence-electron chi connectivity index (χ2n) is 5.07. The highest BCUT2D eigenvalue weighted by molar-refractivity contribution is 7.22. The van der Waals surface area contributed by atoms with E-state index in [1.165, 1.54) is 41.7 Å². The molecule has 0 bridgehead atoms. The second-order valence-corrected chi connectivity index (χ2v) is 6.90. The van der Waals surface area contributed by atoms with E-state index < -0.39 is 0 Å². The molecule has 0 aliphatic heterocycles. The van der Waals surface area contributed by atoms with Crippen molar-refractivity contribution in [3.05, 3.63) is 59.3 Å². The Morgan fingerprint density at radius 3 is 1.90 bits per heavy atom. The molecular formula is C18H10S2. The van der Waals surface area contributed by atoms with Crippen LogP contribution in [0.1, 0.15) is 0 Å². The molecule has 0 amide bonds. The van der Waals surface area contributed by atoms with Crippen LogP contribution in [0.5, 0.6) is 0 Å². The van der Waals surface area contributed by atoms with Crippen LogP contribution in [0.25, 0.3) is 41.7 Å². The van der Waals surface area contributed by atoms with Crippen molar-refractivity contribution in [1.29, 1.82) is 0 Å². The van der Waals surface area contributed by atoms with Gasteiger partial charge in [-0.2, -0.15) is 0 Å². The van der Waals surface area contributed by atoms with Gasteiger partial charge >= 0.3 is 0 Å². The molecule has 5 rings (SSSR count). The first-order valence-corrected chi connectivity index (χ1v) is 8.37. The summed E-state index contributed by atoms with van der Waals surface area (Å²) in [5.74, 6) is 0. The van der Waals surface area contributed by atoms with Crippen LogP contribution < -0.4 is 0 Å². The summed E-state index contributed by atoms with van der Waals surface area (Å²) in [6, 6.07) is 17.8. The van der Waals surface area contributed by atoms with Crippen LogP contribution in [0.3, 0.4) is 0 Å². The molecule has 0 radical (unpaired) electrons. The molecule has 0 fully saturated rings. The fourth-order valence-corrected chi connectivity index (χ4v) is 5.02. The summed E-state index contributed by atoms with van der Waals surface area (Å²) in [6.45, 7) is 0. The molecule has 2 aromatic heterocycles. The van der Waals surface area contributed by atoms with Crippen molar-refractivity contribution < 1.29 is 0 Å². The molecule has 0 N–H and O–H groups in total. The smallest absolute Gasteiger partial charge is 0.0436 e. The predicted molar refractivity (Wildman–Crippen MR) is 92.2 cm³/mol. The Morgan fingerprint density at radius 1 is 0.550 bits per heavy atom. The van der Waals surface area contributed by atoms with E-state index in [9.17, 15) is 0 Å². The van der Waals surface area contributed by atoms with Crippen molar-refractivity contribution in [1.82, 2.24) is 0 Å². The highest BCUT2D eigenvalue weighted by atomic mass is 32.1. The number of rotatable bonds is 0. The zero-order valence-corrected chi connectivity index (χ0v) is 12.2. The number of benzene rings is 3. The van der Waals surface area contributed by atoms with Crippen molar-refractivity contribution in [2.75, 3.05) is 0 Å². The lowest BCUT2D eigenvalue weighted by molar-refractivity contribution is 1.81. The van der Waals surface area contributed by atoms with Gasteiger partial charge in [-0.3, -0.25) is 0 Å². The zero-order chi connectivity index (χ0) is 13.1. The summed E-state index contributed by atoms with van der Waals surface area (Å²) < 4.78 is 2.84. The van der Waals surface area contributed by atoms with E-state index in [-0.39, 0.29) is 0 Å². The lowest BCUT2D eigenvalue weighted by Crippen LogP contribution is -1.78. The molecule has 20 heavy (non-hydrogen) atoms. The minimum Gasteiger partial charge on any atom is -0.143 e. The van der Waals surface area contributed by atoms with E-state index >= 15 is 0 Å². The van der Waals surface area contributed by atoms with Gasteiger partial charge in [-0.25, -0.2) is 0 Å². The molecule has 5 aromatic rings. The quantitative estimate of drug-likeness (QED) is 0.289. The summed E-state index contributed by atoms with van der Waals surface area (Å²) in [5.41, 5.74) is 0. The van der Waals surface area contributed by atoms with E-state index in [2.05, 4.69) is 59.3 Å². The maximum atomic E-state index is 2.35. The molecule has 94 valence electrons. The Morgan fingerprint density at radius 2 is 1.15 bits per heavy atom. The number of fused-ring (bicyclic) bond motifs is 7. The van der Waals surface area contributed by atoms with Crippen molar-refractivity contribution >= 4 is 64.4 Å². The third-order valence-corrected chi connectivity index (χ3v) is 5.89. The molecule has 0 atom stereocenters.